The molecule has 0 aromatic heterocycles. The minimum Gasteiger partial charge on any atom is -0.352 e. The summed E-state index contributed by atoms with van der Waals surface area (Å²) >= 11 is 3.41. The molecular weight excluding hydrogens is 280 g/mol. The van der Waals surface area contributed by atoms with E-state index in [-0.39, 0.29) is 5.91 Å². The zero-order chi connectivity index (χ0) is 12.1. The van der Waals surface area contributed by atoms with Gasteiger partial charge in [0.15, 0.2) is 0 Å². The van der Waals surface area contributed by atoms with Crippen LogP contribution in [0.5, 0.6) is 0 Å². The molecule has 1 amide bonds. The highest BCUT2D eigenvalue weighted by Gasteiger charge is 2.15. The van der Waals surface area contributed by atoms with Crippen molar-refractivity contribution in [3.8, 4) is 0 Å². The lowest BCUT2D eigenvalue weighted by Crippen LogP contribution is -2.46. The van der Waals surface area contributed by atoms with Crippen molar-refractivity contribution in [3.05, 3.63) is 34.3 Å². The Kier molecular flexibility index (Phi) is 4.57. The maximum absolute atomic E-state index is 11.8. The Morgan fingerprint density at radius 1 is 1.53 bits per heavy atom. The topological polar surface area (TPSA) is 41.1 Å². The van der Waals surface area contributed by atoms with Gasteiger partial charge >= 0.3 is 0 Å². The summed E-state index contributed by atoms with van der Waals surface area (Å²) in [5.41, 5.74) is 1.04. The van der Waals surface area contributed by atoms with Crippen LogP contribution in [0, 0.1) is 0 Å². The van der Waals surface area contributed by atoms with E-state index >= 15 is 0 Å². The number of benzene rings is 1. The average Bonchev–Trinajstić information content (AvgIpc) is 2.30. The summed E-state index contributed by atoms with van der Waals surface area (Å²) in [6.07, 6.45) is 2.68. The highest BCUT2D eigenvalue weighted by atomic mass is 79.9. The Hall–Kier alpha value is -0.870. The van der Waals surface area contributed by atoms with Gasteiger partial charge in [0.2, 0.25) is 5.91 Å². The summed E-state index contributed by atoms with van der Waals surface area (Å²) < 4.78 is 1.02. The highest BCUT2D eigenvalue weighted by molar-refractivity contribution is 9.10. The minimum atomic E-state index is 0.108. The molecule has 3 nitrogen and oxygen atoms in total. The van der Waals surface area contributed by atoms with Crippen molar-refractivity contribution in [1.82, 2.24) is 10.6 Å². The summed E-state index contributed by atoms with van der Waals surface area (Å²) in [6, 6.07) is 8.17. The molecule has 1 aliphatic rings. The number of halogens is 1. The van der Waals surface area contributed by atoms with E-state index in [1.807, 2.05) is 24.3 Å². The fourth-order valence-electron chi connectivity index (χ4n) is 2.09. The van der Waals surface area contributed by atoms with Crippen LogP contribution in [0.25, 0.3) is 0 Å². The predicted octanol–water partition coefficient (Wildman–Crippen LogP) is 1.86. The number of hydrogen-bond donors (Lipinski definition) is 2. The number of rotatable bonds is 3. The minimum absolute atomic E-state index is 0.108. The van der Waals surface area contributed by atoms with Crippen molar-refractivity contribution in [2.75, 3.05) is 13.1 Å². The quantitative estimate of drug-likeness (QED) is 0.894. The molecule has 2 rings (SSSR count). The number of nitrogens with one attached hydrogen (secondary N) is 2. The molecule has 0 radical (unpaired) electrons. The summed E-state index contributed by atoms with van der Waals surface area (Å²) in [7, 11) is 0. The molecule has 0 aliphatic carbocycles. The van der Waals surface area contributed by atoms with Crippen LogP contribution in [0.2, 0.25) is 0 Å². The molecule has 17 heavy (non-hydrogen) atoms. The molecule has 1 heterocycles. The fourth-order valence-corrected chi connectivity index (χ4v) is 2.53. The number of carbonyl (C=O) groups is 1. The molecule has 1 atom stereocenters. The van der Waals surface area contributed by atoms with Gasteiger partial charge in [-0.25, -0.2) is 0 Å². The van der Waals surface area contributed by atoms with Crippen molar-refractivity contribution in [1.29, 1.82) is 0 Å². The normalized spacial score (nSPS) is 19.9. The first-order chi connectivity index (χ1) is 8.24. The van der Waals surface area contributed by atoms with Crippen LogP contribution in [0.1, 0.15) is 18.4 Å². The smallest absolute Gasteiger partial charge is 0.224 e. The van der Waals surface area contributed by atoms with E-state index in [9.17, 15) is 4.79 Å². The van der Waals surface area contributed by atoms with Gasteiger partial charge in [-0.15, -0.1) is 0 Å². The van der Waals surface area contributed by atoms with Gasteiger partial charge in [-0.1, -0.05) is 28.1 Å². The third-order valence-corrected chi connectivity index (χ3v) is 3.41. The molecule has 4 heteroatoms. The number of carbonyl (C=O) groups excluding carboxylic acids is 1. The van der Waals surface area contributed by atoms with Gasteiger partial charge in [0.1, 0.15) is 0 Å². The molecule has 92 valence electrons. The molecule has 0 bridgehead atoms. The lowest BCUT2D eigenvalue weighted by atomic mass is 10.1. The monoisotopic (exact) mass is 296 g/mol. The predicted molar refractivity (Wildman–Crippen MR) is 71.9 cm³/mol. The fraction of sp³-hybridized carbons (Fsp3) is 0.462. The van der Waals surface area contributed by atoms with Crippen molar-refractivity contribution >= 4 is 21.8 Å². The second kappa shape index (κ2) is 6.17. The van der Waals surface area contributed by atoms with Crippen LogP contribution in [-0.2, 0) is 11.2 Å². The van der Waals surface area contributed by atoms with Gasteiger partial charge in [-0.05, 0) is 37.1 Å². The molecule has 0 spiro atoms. The number of amides is 1. The molecule has 1 saturated heterocycles. The second-order valence-electron chi connectivity index (χ2n) is 4.42. The van der Waals surface area contributed by atoms with E-state index in [1.54, 1.807) is 0 Å². The maximum Gasteiger partial charge on any atom is 0.224 e. The van der Waals surface area contributed by atoms with Crippen molar-refractivity contribution < 1.29 is 4.79 Å². The van der Waals surface area contributed by atoms with Crippen LogP contribution in [0.3, 0.4) is 0 Å². The van der Waals surface area contributed by atoms with E-state index in [2.05, 4.69) is 26.6 Å². The van der Waals surface area contributed by atoms with E-state index in [0.29, 0.717) is 12.5 Å². The third-order valence-electron chi connectivity index (χ3n) is 2.92. The molecule has 1 fully saturated rings. The van der Waals surface area contributed by atoms with Crippen LogP contribution in [0.15, 0.2) is 28.7 Å². The van der Waals surface area contributed by atoms with Gasteiger partial charge in [0.05, 0.1) is 6.42 Å². The summed E-state index contributed by atoms with van der Waals surface area (Å²) in [5.74, 6) is 0.108. The molecule has 0 unspecified atom stereocenters. The molecule has 2 N–H and O–H groups in total. The largest absolute Gasteiger partial charge is 0.352 e. The lowest BCUT2D eigenvalue weighted by Gasteiger charge is -2.23. The zero-order valence-corrected chi connectivity index (χ0v) is 11.3. The Morgan fingerprint density at radius 3 is 3.12 bits per heavy atom. The van der Waals surface area contributed by atoms with Crippen molar-refractivity contribution in [2.45, 2.75) is 25.3 Å². The van der Waals surface area contributed by atoms with E-state index < -0.39 is 0 Å². The Balaban J connectivity index is 1.84. The SMILES string of the molecule is O=C(Cc1cccc(Br)c1)N[C@H]1CCCNC1. The van der Waals surface area contributed by atoms with Crippen LogP contribution >= 0.6 is 15.9 Å². The van der Waals surface area contributed by atoms with Crippen LogP contribution in [-0.4, -0.2) is 25.0 Å². The summed E-state index contributed by atoms with van der Waals surface area (Å²) in [6.45, 7) is 1.96. The van der Waals surface area contributed by atoms with E-state index in [4.69, 9.17) is 0 Å². The molecule has 0 saturated carbocycles. The Labute approximate surface area is 110 Å². The Bertz CT molecular complexity index is 389. The van der Waals surface area contributed by atoms with Gasteiger partial charge in [0, 0.05) is 17.1 Å². The van der Waals surface area contributed by atoms with Gasteiger partial charge < -0.3 is 10.6 Å². The average molecular weight is 297 g/mol. The van der Waals surface area contributed by atoms with Gasteiger partial charge in [0.25, 0.3) is 0 Å². The summed E-state index contributed by atoms with van der Waals surface area (Å²) in [4.78, 5) is 11.8. The molecule has 1 aromatic rings. The second-order valence-corrected chi connectivity index (χ2v) is 5.33. The first-order valence-corrected chi connectivity index (χ1v) is 6.78. The third kappa shape index (κ3) is 4.13. The molecule has 1 aliphatic heterocycles. The van der Waals surface area contributed by atoms with Crippen LogP contribution in [0.4, 0.5) is 0 Å². The number of hydrogen-bond acceptors (Lipinski definition) is 2. The summed E-state index contributed by atoms with van der Waals surface area (Å²) in [5, 5.41) is 6.36. The van der Waals surface area contributed by atoms with Crippen molar-refractivity contribution in [3.63, 3.8) is 0 Å². The van der Waals surface area contributed by atoms with Gasteiger partial charge in [-0.2, -0.15) is 0 Å². The lowest BCUT2D eigenvalue weighted by molar-refractivity contribution is -0.121. The molecule has 1 aromatic carbocycles. The Morgan fingerprint density at radius 2 is 2.41 bits per heavy atom. The van der Waals surface area contributed by atoms with Crippen LogP contribution < -0.4 is 10.6 Å². The standard InChI is InChI=1S/C13H17BrN2O/c14-11-4-1-3-10(7-11)8-13(17)16-12-5-2-6-15-9-12/h1,3-4,7,12,15H,2,5-6,8-9H2,(H,16,17)/t12-/m0/s1. The zero-order valence-electron chi connectivity index (χ0n) is 9.71. The van der Waals surface area contributed by atoms with Gasteiger partial charge in [-0.3, -0.25) is 4.79 Å². The first kappa shape index (κ1) is 12.6. The maximum atomic E-state index is 11.8. The highest BCUT2D eigenvalue weighted by Crippen LogP contribution is 2.12. The van der Waals surface area contributed by atoms with E-state index in [0.717, 1.165) is 36.0 Å². The first-order valence-electron chi connectivity index (χ1n) is 5.98. The van der Waals surface area contributed by atoms with E-state index in [1.165, 1.54) is 0 Å². The molecular formula is C13H17BrN2O. The number of piperidine rings is 1. The van der Waals surface area contributed by atoms with Crippen molar-refractivity contribution in [2.24, 2.45) is 0 Å².